The topological polar surface area (TPSA) is 105 Å². The number of likely N-dealkylation sites (N-methyl/N-ethyl adjacent to an activating group) is 1. The minimum absolute atomic E-state index is 0.109. The molecule has 1 fully saturated rings. The first kappa shape index (κ1) is 32.2. The van der Waals surface area contributed by atoms with E-state index in [2.05, 4.69) is 36.6 Å². The van der Waals surface area contributed by atoms with Crippen LogP contribution in [0.3, 0.4) is 0 Å². The number of rotatable bonds is 10. The zero-order valence-corrected chi connectivity index (χ0v) is 26.4. The molecule has 2 aromatic carbocycles. The summed E-state index contributed by atoms with van der Waals surface area (Å²) in [6.45, 7) is 7.49. The van der Waals surface area contributed by atoms with Gasteiger partial charge in [-0.25, -0.2) is 18.1 Å². The van der Waals surface area contributed by atoms with E-state index in [-0.39, 0.29) is 16.2 Å². The smallest absolute Gasteiger partial charge is 0.423 e. The van der Waals surface area contributed by atoms with Gasteiger partial charge in [-0.15, -0.1) is 0 Å². The van der Waals surface area contributed by atoms with Gasteiger partial charge in [0.15, 0.2) is 0 Å². The summed E-state index contributed by atoms with van der Waals surface area (Å²) in [6.07, 6.45) is -1.33. The molecule has 0 amide bonds. The number of hydrogen-bond donors (Lipinski definition) is 1. The quantitative estimate of drug-likeness (QED) is 0.230. The van der Waals surface area contributed by atoms with Gasteiger partial charge in [0.1, 0.15) is 16.2 Å². The maximum Gasteiger partial charge on any atom is 0.423 e. The van der Waals surface area contributed by atoms with E-state index in [0.29, 0.717) is 17.9 Å². The zero-order valence-electron chi connectivity index (χ0n) is 25.5. The highest BCUT2D eigenvalue weighted by Crippen LogP contribution is 2.44. The molecule has 1 saturated heterocycles. The lowest BCUT2D eigenvalue weighted by Crippen LogP contribution is -2.44. The number of alkyl halides is 3. The van der Waals surface area contributed by atoms with Crippen LogP contribution >= 0.6 is 0 Å². The molecule has 0 atom stereocenters. The Hall–Kier alpha value is -4.17. The van der Waals surface area contributed by atoms with Crippen LogP contribution < -0.4 is 14.4 Å². The van der Waals surface area contributed by atoms with Gasteiger partial charge in [-0.1, -0.05) is 38.1 Å². The molecule has 0 radical (unpaired) electrons. The molecule has 4 aromatic rings. The van der Waals surface area contributed by atoms with Crippen molar-refractivity contribution < 1.29 is 26.3 Å². The molecule has 2 aromatic heterocycles. The largest absolute Gasteiger partial charge is 0.438 e. The number of benzene rings is 2. The van der Waals surface area contributed by atoms with Crippen LogP contribution in [0, 0.1) is 5.92 Å². The van der Waals surface area contributed by atoms with Crippen LogP contribution in [0.4, 0.5) is 24.8 Å². The molecule has 1 N–H and O–H groups in total. The molecule has 0 unspecified atom stereocenters. The average Bonchev–Trinajstić information content (AvgIpc) is 3.43. The fourth-order valence-electron chi connectivity index (χ4n) is 5.04. The molecule has 14 heteroatoms. The van der Waals surface area contributed by atoms with Gasteiger partial charge in [-0.3, -0.25) is 4.68 Å². The van der Waals surface area contributed by atoms with Crippen molar-refractivity contribution in [3.8, 4) is 22.9 Å². The van der Waals surface area contributed by atoms with Crippen molar-refractivity contribution in [1.82, 2.24) is 24.6 Å². The third-order valence-electron chi connectivity index (χ3n) is 7.56. The van der Waals surface area contributed by atoms with Gasteiger partial charge < -0.3 is 14.5 Å². The van der Waals surface area contributed by atoms with E-state index < -0.39 is 39.3 Å². The van der Waals surface area contributed by atoms with Crippen LogP contribution in [0.2, 0.25) is 0 Å². The first-order valence-electron chi connectivity index (χ1n) is 14.6. The lowest BCUT2D eigenvalue weighted by Gasteiger charge is -2.34. The molecule has 0 spiro atoms. The molecule has 1 aliphatic heterocycles. The monoisotopic (exact) mass is 643 g/mol. The van der Waals surface area contributed by atoms with Crippen LogP contribution in [0.1, 0.15) is 31.4 Å². The second kappa shape index (κ2) is 13.1. The van der Waals surface area contributed by atoms with E-state index in [1.165, 1.54) is 10.9 Å². The molecule has 5 rings (SSSR count). The molecule has 0 aliphatic carbocycles. The van der Waals surface area contributed by atoms with Crippen LogP contribution in [0.15, 0.2) is 65.8 Å². The minimum Gasteiger partial charge on any atom is -0.438 e. The van der Waals surface area contributed by atoms with E-state index >= 15 is 0 Å². The van der Waals surface area contributed by atoms with Crippen molar-refractivity contribution >= 4 is 21.7 Å². The molecule has 3 heterocycles. The molecular weight excluding hydrogens is 607 g/mol. The van der Waals surface area contributed by atoms with Crippen molar-refractivity contribution in [1.29, 1.82) is 0 Å². The third kappa shape index (κ3) is 7.74. The summed E-state index contributed by atoms with van der Waals surface area (Å²) in [5, 5.41) is 3.88. The Morgan fingerprint density at radius 3 is 2.29 bits per heavy atom. The predicted octanol–water partition coefficient (Wildman–Crippen LogP) is 5.83. The summed E-state index contributed by atoms with van der Waals surface area (Å²) in [5.41, 5.74) is 0.0829. The van der Waals surface area contributed by atoms with Gasteiger partial charge in [0.2, 0.25) is 11.8 Å². The Morgan fingerprint density at radius 1 is 0.978 bits per heavy atom. The van der Waals surface area contributed by atoms with Gasteiger partial charge >= 0.3 is 6.18 Å². The number of sulfonamides is 1. The second-order valence-electron chi connectivity index (χ2n) is 11.5. The van der Waals surface area contributed by atoms with Crippen LogP contribution in [0.25, 0.3) is 11.3 Å². The highest BCUT2D eigenvalue weighted by molar-refractivity contribution is 7.92. The first-order chi connectivity index (χ1) is 21.3. The standard InChI is InChI=1S/C31H36F3N7O3S/c1-21(2)9-10-22-7-5-6-8-26(22)28-27(31(32,33)34)29(37-30(36-28)38-45(42,43)25-19-35-40(4)20-25)44-24-13-11-23(12-14-24)41-17-15-39(3)16-18-41/h5-8,11-14,19-21H,9-10,15-18H2,1-4H3,(H,36,37,38). The summed E-state index contributed by atoms with van der Waals surface area (Å²) in [5.74, 6) is -0.968. The lowest BCUT2D eigenvalue weighted by molar-refractivity contribution is -0.138. The Labute approximate surface area is 260 Å². The number of aromatic nitrogens is 4. The van der Waals surface area contributed by atoms with Gasteiger partial charge in [-0.2, -0.15) is 23.3 Å². The van der Waals surface area contributed by atoms with Crippen molar-refractivity contribution in [2.75, 3.05) is 42.8 Å². The summed E-state index contributed by atoms with van der Waals surface area (Å²) >= 11 is 0. The van der Waals surface area contributed by atoms with Gasteiger partial charge in [0.25, 0.3) is 10.0 Å². The van der Waals surface area contributed by atoms with E-state index in [1.54, 1.807) is 55.6 Å². The van der Waals surface area contributed by atoms with E-state index in [0.717, 1.165) is 44.5 Å². The van der Waals surface area contributed by atoms with Gasteiger partial charge in [0.05, 0.1) is 11.9 Å². The Morgan fingerprint density at radius 2 is 1.67 bits per heavy atom. The summed E-state index contributed by atoms with van der Waals surface area (Å²) < 4.78 is 80.3. The number of anilines is 2. The third-order valence-corrected chi connectivity index (χ3v) is 8.84. The minimum atomic E-state index is -4.93. The number of hydrogen-bond acceptors (Lipinski definition) is 8. The predicted molar refractivity (Wildman–Crippen MR) is 166 cm³/mol. The normalized spacial score (nSPS) is 14.6. The summed E-state index contributed by atoms with van der Waals surface area (Å²) in [6, 6.07) is 13.4. The van der Waals surface area contributed by atoms with Gasteiger partial charge in [0, 0.05) is 50.7 Å². The number of aryl methyl sites for hydroxylation is 2. The molecule has 240 valence electrons. The number of nitrogens with one attached hydrogen (secondary N) is 1. The van der Waals surface area contributed by atoms with Gasteiger partial charge in [-0.05, 0) is 55.6 Å². The van der Waals surface area contributed by atoms with Crippen LogP contribution in [-0.2, 0) is 29.7 Å². The van der Waals surface area contributed by atoms with Crippen molar-refractivity contribution in [2.24, 2.45) is 13.0 Å². The summed E-state index contributed by atoms with van der Waals surface area (Å²) in [4.78, 5) is 12.3. The first-order valence-corrected chi connectivity index (χ1v) is 16.1. The van der Waals surface area contributed by atoms with Crippen LogP contribution in [-0.4, -0.2) is 66.3 Å². The lowest BCUT2D eigenvalue weighted by atomic mass is 9.95. The van der Waals surface area contributed by atoms with Crippen molar-refractivity contribution in [3.63, 3.8) is 0 Å². The number of piperazine rings is 1. The van der Waals surface area contributed by atoms with E-state index in [1.807, 2.05) is 13.8 Å². The molecular formula is C31H36F3N7O3S. The van der Waals surface area contributed by atoms with Crippen LogP contribution in [0.5, 0.6) is 11.6 Å². The fourth-order valence-corrected chi connectivity index (χ4v) is 5.97. The number of nitrogens with zero attached hydrogens (tertiary/aromatic N) is 6. The maximum atomic E-state index is 14.9. The average molecular weight is 644 g/mol. The molecule has 10 nitrogen and oxygen atoms in total. The fraction of sp³-hybridized carbons (Fsp3) is 0.387. The highest BCUT2D eigenvalue weighted by Gasteiger charge is 2.41. The van der Waals surface area contributed by atoms with Crippen molar-refractivity contribution in [2.45, 2.75) is 37.8 Å². The SMILES string of the molecule is CC(C)CCc1ccccc1-c1nc(NS(=O)(=O)c2cnn(C)c2)nc(Oc2ccc(N3CCN(C)CC3)cc2)c1C(F)(F)F. The van der Waals surface area contributed by atoms with E-state index in [9.17, 15) is 21.6 Å². The molecule has 45 heavy (non-hydrogen) atoms. The number of ether oxygens (including phenoxy) is 1. The van der Waals surface area contributed by atoms with E-state index in [4.69, 9.17) is 4.74 Å². The Kier molecular flexibility index (Phi) is 9.35. The highest BCUT2D eigenvalue weighted by atomic mass is 32.2. The number of halogens is 3. The Bertz CT molecular complexity index is 1730. The molecule has 1 aliphatic rings. The molecule has 0 saturated carbocycles. The summed E-state index contributed by atoms with van der Waals surface area (Å²) in [7, 11) is -0.693. The molecule has 0 bridgehead atoms. The maximum absolute atomic E-state index is 14.9. The van der Waals surface area contributed by atoms with Crippen molar-refractivity contribution in [3.05, 3.63) is 72.1 Å². The Balaban J connectivity index is 1.60. The second-order valence-corrected chi connectivity index (χ2v) is 13.2. The zero-order chi connectivity index (χ0) is 32.4.